The molecule has 0 aliphatic rings. The summed E-state index contributed by atoms with van der Waals surface area (Å²) in [6, 6.07) is 6.59. The van der Waals surface area contributed by atoms with E-state index < -0.39 is 25.3 Å². The maximum Gasteiger partial charge on any atom is 0.411 e. The molecule has 1 amide bonds. The molecule has 7 heteroatoms. The molecule has 4 nitrogen and oxygen atoms in total. The highest BCUT2D eigenvalue weighted by molar-refractivity contribution is 5.91. The van der Waals surface area contributed by atoms with Gasteiger partial charge in [0.1, 0.15) is 13.2 Å². The Balaban J connectivity index is 2.40. The Labute approximate surface area is 108 Å². The number of hydrogen-bond donors (Lipinski definition) is 2. The Hall–Kier alpha value is -1.60. The Morgan fingerprint density at radius 1 is 1.37 bits per heavy atom. The van der Waals surface area contributed by atoms with Crippen LogP contribution in [0.25, 0.3) is 0 Å². The van der Waals surface area contributed by atoms with Crippen molar-refractivity contribution < 1.29 is 22.7 Å². The number of nitrogens with two attached hydrogens (primary N) is 1. The minimum Gasteiger partial charge on any atom is -0.362 e. The van der Waals surface area contributed by atoms with Crippen LogP contribution < -0.4 is 11.1 Å². The molecular formula is C12H15F3N2O2. The highest BCUT2D eigenvalue weighted by Gasteiger charge is 2.27. The third kappa shape index (κ3) is 6.21. The predicted octanol–water partition coefficient (Wildman–Crippen LogP) is 2.22. The van der Waals surface area contributed by atoms with Gasteiger partial charge < -0.3 is 15.8 Å². The Kier molecular flexibility index (Phi) is 5.31. The fourth-order valence-electron chi connectivity index (χ4n) is 1.33. The molecule has 0 aromatic heterocycles. The van der Waals surface area contributed by atoms with Crippen molar-refractivity contribution in [2.75, 3.05) is 18.5 Å². The summed E-state index contributed by atoms with van der Waals surface area (Å²) in [7, 11) is 0. The minimum atomic E-state index is -4.43. The molecule has 0 aliphatic heterocycles. The maximum absolute atomic E-state index is 11.8. The van der Waals surface area contributed by atoms with Crippen LogP contribution in [-0.4, -0.2) is 25.3 Å². The molecule has 1 unspecified atom stereocenters. The number of amides is 1. The number of anilines is 1. The van der Waals surface area contributed by atoms with Crippen LogP contribution in [0.2, 0.25) is 0 Å². The monoisotopic (exact) mass is 276 g/mol. The summed E-state index contributed by atoms with van der Waals surface area (Å²) in [5.74, 6) is -0.641. The van der Waals surface area contributed by atoms with Gasteiger partial charge in [0, 0.05) is 11.7 Å². The average molecular weight is 276 g/mol. The van der Waals surface area contributed by atoms with Crippen LogP contribution in [0.5, 0.6) is 0 Å². The third-order valence-electron chi connectivity index (χ3n) is 2.22. The van der Waals surface area contributed by atoms with Crippen LogP contribution in [0.1, 0.15) is 18.5 Å². The van der Waals surface area contributed by atoms with Crippen LogP contribution in [0, 0.1) is 0 Å². The number of rotatable bonds is 5. The molecular weight excluding hydrogens is 261 g/mol. The van der Waals surface area contributed by atoms with Crippen LogP contribution in [0.15, 0.2) is 24.3 Å². The highest BCUT2D eigenvalue weighted by Crippen LogP contribution is 2.15. The van der Waals surface area contributed by atoms with Crippen LogP contribution in [0.4, 0.5) is 18.9 Å². The lowest BCUT2D eigenvalue weighted by Crippen LogP contribution is -2.24. The lowest BCUT2D eigenvalue weighted by atomic mass is 10.1. The third-order valence-corrected chi connectivity index (χ3v) is 2.22. The molecule has 3 N–H and O–H groups in total. The van der Waals surface area contributed by atoms with Crippen molar-refractivity contribution in [1.29, 1.82) is 0 Å². The average Bonchev–Trinajstić information content (AvgIpc) is 2.27. The Morgan fingerprint density at radius 2 is 1.95 bits per heavy atom. The number of alkyl halides is 3. The van der Waals surface area contributed by atoms with Gasteiger partial charge in [-0.2, -0.15) is 13.2 Å². The summed E-state index contributed by atoms with van der Waals surface area (Å²) >= 11 is 0. The van der Waals surface area contributed by atoms with Crippen molar-refractivity contribution >= 4 is 11.6 Å². The first-order valence-electron chi connectivity index (χ1n) is 5.58. The lowest BCUT2D eigenvalue weighted by molar-refractivity contribution is -0.174. The second kappa shape index (κ2) is 6.53. The molecule has 0 radical (unpaired) electrons. The van der Waals surface area contributed by atoms with E-state index in [1.54, 1.807) is 24.3 Å². The molecule has 0 fully saturated rings. The van der Waals surface area contributed by atoms with Crippen molar-refractivity contribution in [1.82, 2.24) is 0 Å². The molecule has 1 aromatic rings. The van der Waals surface area contributed by atoms with Crippen molar-refractivity contribution in [2.24, 2.45) is 5.73 Å². The van der Waals surface area contributed by atoms with Gasteiger partial charge in [0.15, 0.2) is 0 Å². The smallest absolute Gasteiger partial charge is 0.362 e. The van der Waals surface area contributed by atoms with E-state index in [-0.39, 0.29) is 6.04 Å². The van der Waals surface area contributed by atoms with Crippen molar-refractivity contribution in [3.05, 3.63) is 29.8 Å². The quantitative estimate of drug-likeness (QED) is 0.866. The summed E-state index contributed by atoms with van der Waals surface area (Å²) < 4.78 is 39.6. The fourth-order valence-corrected chi connectivity index (χ4v) is 1.33. The number of carbonyl (C=O) groups is 1. The first-order chi connectivity index (χ1) is 8.78. The Bertz CT molecular complexity index is 416. The SMILES string of the molecule is CC(N)c1ccc(NC(=O)COCC(F)(F)F)cc1. The van der Waals surface area contributed by atoms with E-state index in [0.29, 0.717) is 5.69 Å². The summed E-state index contributed by atoms with van der Waals surface area (Å²) in [5.41, 5.74) is 7.03. The van der Waals surface area contributed by atoms with Crippen LogP contribution in [-0.2, 0) is 9.53 Å². The Morgan fingerprint density at radius 3 is 2.42 bits per heavy atom. The van der Waals surface area contributed by atoms with E-state index in [2.05, 4.69) is 10.1 Å². The zero-order valence-corrected chi connectivity index (χ0v) is 10.3. The van der Waals surface area contributed by atoms with Crippen molar-refractivity contribution in [3.63, 3.8) is 0 Å². The molecule has 1 rings (SSSR count). The number of benzene rings is 1. The molecule has 0 spiro atoms. The largest absolute Gasteiger partial charge is 0.411 e. The van der Waals surface area contributed by atoms with E-state index in [1.165, 1.54) is 0 Å². The van der Waals surface area contributed by atoms with Gasteiger partial charge in [-0.3, -0.25) is 4.79 Å². The topological polar surface area (TPSA) is 64.3 Å². The van der Waals surface area contributed by atoms with Crippen molar-refractivity contribution in [3.8, 4) is 0 Å². The molecule has 0 heterocycles. The number of hydrogen-bond acceptors (Lipinski definition) is 3. The van der Waals surface area contributed by atoms with Gasteiger partial charge >= 0.3 is 6.18 Å². The first kappa shape index (κ1) is 15.5. The molecule has 106 valence electrons. The molecule has 1 aromatic carbocycles. The van der Waals surface area contributed by atoms with E-state index in [4.69, 9.17) is 5.73 Å². The van der Waals surface area contributed by atoms with Gasteiger partial charge in [0.25, 0.3) is 0 Å². The van der Waals surface area contributed by atoms with Crippen LogP contribution >= 0.6 is 0 Å². The van der Waals surface area contributed by atoms with E-state index in [0.717, 1.165) is 5.56 Å². The predicted molar refractivity (Wildman–Crippen MR) is 64.5 cm³/mol. The summed E-state index contributed by atoms with van der Waals surface area (Å²) in [6.45, 7) is -0.267. The molecule has 0 saturated carbocycles. The number of nitrogens with one attached hydrogen (secondary N) is 1. The van der Waals surface area contributed by atoms with Gasteiger partial charge in [-0.15, -0.1) is 0 Å². The van der Waals surface area contributed by atoms with E-state index in [1.807, 2.05) is 6.92 Å². The maximum atomic E-state index is 11.8. The zero-order chi connectivity index (χ0) is 14.5. The molecule has 0 saturated heterocycles. The molecule has 19 heavy (non-hydrogen) atoms. The second-order valence-electron chi connectivity index (χ2n) is 4.07. The minimum absolute atomic E-state index is 0.125. The number of carbonyl (C=O) groups excluding carboxylic acids is 1. The van der Waals surface area contributed by atoms with Gasteiger partial charge in [-0.1, -0.05) is 12.1 Å². The lowest BCUT2D eigenvalue weighted by Gasteiger charge is -2.09. The van der Waals surface area contributed by atoms with Crippen LogP contribution in [0.3, 0.4) is 0 Å². The van der Waals surface area contributed by atoms with Gasteiger partial charge in [0.2, 0.25) is 5.91 Å². The first-order valence-corrected chi connectivity index (χ1v) is 5.58. The zero-order valence-electron chi connectivity index (χ0n) is 10.3. The summed E-state index contributed by atoms with van der Waals surface area (Å²) in [4.78, 5) is 11.3. The van der Waals surface area contributed by atoms with Crippen molar-refractivity contribution in [2.45, 2.75) is 19.1 Å². The molecule has 0 aliphatic carbocycles. The van der Waals surface area contributed by atoms with E-state index in [9.17, 15) is 18.0 Å². The molecule has 0 bridgehead atoms. The summed E-state index contributed by atoms with van der Waals surface area (Å²) in [5, 5.41) is 2.42. The normalized spacial score (nSPS) is 13.1. The van der Waals surface area contributed by atoms with E-state index >= 15 is 0 Å². The highest BCUT2D eigenvalue weighted by atomic mass is 19.4. The standard InChI is InChI=1S/C12H15F3N2O2/c1-8(16)9-2-4-10(5-3-9)17-11(18)6-19-7-12(13,14)15/h2-5,8H,6-7,16H2,1H3,(H,17,18). The number of halogens is 3. The summed E-state index contributed by atoms with van der Waals surface area (Å²) in [6.07, 6.45) is -4.43. The van der Waals surface area contributed by atoms with Gasteiger partial charge in [-0.05, 0) is 24.6 Å². The van der Waals surface area contributed by atoms with Gasteiger partial charge in [0.05, 0.1) is 0 Å². The second-order valence-corrected chi connectivity index (χ2v) is 4.07. The fraction of sp³-hybridized carbons (Fsp3) is 0.417. The number of ether oxygens (including phenoxy) is 1. The van der Waals surface area contributed by atoms with Gasteiger partial charge in [-0.25, -0.2) is 0 Å². The molecule has 1 atom stereocenters.